The molecule has 0 spiro atoms. The summed E-state index contributed by atoms with van der Waals surface area (Å²) in [5.41, 5.74) is 0. The summed E-state index contributed by atoms with van der Waals surface area (Å²) in [5.74, 6) is 1.76. The van der Waals surface area contributed by atoms with Gasteiger partial charge in [0.15, 0.2) is 0 Å². The van der Waals surface area contributed by atoms with Gasteiger partial charge in [-0.25, -0.2) is 0 Å². The maximum atomic E-state index is 12.2. The molecule has 2 fully saturated rings. The van der Waals surface area contributed by atoms with Crippen molar-refractivity contribution in [3.05, 3.63) is 30.3 Å². The van der Waals surface area contributed by atoms with Gasteiger partial charge in [0.2, 0.25) is 5.91 Å². The third kappa shape index (κ3) is 5.11. The van der Waals surface area contributed by atoms with Crippen molar-refractivity contribution in [1.82, 2.24) is 10.6 Å². The Labute approximate surface area is 144 Å². The highest BCUT2D eigenvalue weighted by Crippen LogP contribution is 2.33. The number of benzene rings is 1. The Morgan fingerprint density at radius 3 is 2.78 bits per heavy atom. The molecule has 3 unspecified atom stereocenters. The monoisotopic (exact) mass is 338 g/mol. The molecule has 23 heavy (non-hydrogen) atoms. The smallest absolute Gasteiger partial charge is 0.237 e. The molecular weight excluding hydrogens is 312 g/mol. The molecule has 3 atom stereocenters. The van der Waals surface area contributed by atoms with Gasteiger partial charge < -0.3 is 15.4 Å². The number of halogens is 1. The van der Waals surface area contributed by atoms with Gasteiger partial charge in [-0.2, -0.15) is 0 Å². The van der Waals surface area contributed by atoms with Crippen molar-refractivity contribution >= 4 is 18.3 Å². The summed E-state index contributed by atoms with van der Waals surface area (Å²) >= 11 is 0. The molecule has 0 radical (unpaired) electrons. The van der Waals surface area contributed by atoms with Gasteiger partial charge in [0.05, 0.1) is 12.6 Å². The number of carbonyl (C=O) groups excluding carboxylic acids is 1. The van der Waals surface area contributed by atoms with E-state index in [1.165, 1.54) is 25.7 Å². The van der Waals surface area contributed by atoms with Crippen molar-refractivity contribution in [3.8, 4) is 5.75 Å². The van der Waals surface area contributed by atoms with Crippen LogP contribution in [0.1, 0.15) is 38.5 Å². The van der Waals surface area contributed by atoms with Gasteiger partial charge in [0.25, 0.3) is 0 Å². The zero-order valence-electron chi connectivity index (χ0n) is 13.5. The molecule has 1 aliphatic carbocycles. The Balaban J connectivity index is 0.00000192. The maximum absolute atomic E-state index is 12.2. The van der Waals surface area contributed by atoms with E-state index in [1.54, 1.807) is 0 Å². The van der Waals surface area contributed by atoms with E-state index in [4.69, 9.17) is 4.74 Å². The molecule has 128 valence electrons. The molecule has 1 saturated carbocycles. The van der Waals surface area contributed by atoms with Crippen molar-refractivity contribution in [2.24, 2.45) is 5.92 Å². The minimum atomic E-state index is 0. The van der Waals surface area contributed by atoms with E-state index in [0.717, 1.165) is 18.6 Å². The van der Waals surface area contributed by atoms with Gasteiger partial charge in [-0.05, 0) is 43.7 Å². The van der Waals surface area contributed by atoms with E-state index >= 15 is 0 Å². The van der Waals surface area contributed by atoms with E-state index < -0.39 is 0 Å². The molecule has 4 nitrogen and oxygen atoms in total. The first-order chi connectivity index (χ1) is 10.8. The van der Waals surface area contributed by atoms with Crippen LogP contribution in [0, 0.1) is 5.92 Å². The lowest BCUT2D eigenvalue weighted by Crippen LogP contribution is -2.43. The van der Waals surface area contributed by atoms with Gasteiger partial charge in [-0.1, -0.05) is 31.0 Å². The summed E-state index contributed by atoms with van der Waals surface area (Å²) in [7, 11) is 0. The van der Waals surface area contributed by atoms with Gasteiger partial charge in [-0.15, -0.1) is 12.4 Å². The number of carbonyl (C=O) groups is 1. The predicted octanol–water partition coefficient (Wildman–Crippen LogP) is 2.91. The predicted molar refractivity (Wildman–Crippen MR) is 94.1 cm³/mol. The van der Waals surface area contributed by atoms with Crippen molar-refractivity contribution in [1.29, 1.82) is 0 Å². The first kappa shape index (κ1) is 18.1. The summed E-state index contributed by atoms with van der Waals surface area (Å²) in [6.07, 6.45) is 7.00. The first-order valence-corrected chi connectivity index (χ1v) is 8.54. The van der Waals surface area contributed by atoms with E-state index in [1.807, 2.05) is 30.3 Å². The van der Waals surface area contributed by atoms with E-state index in [-0.39, 0.29) is 24.4 Å². The number of ether oxygens (including phenoxy) is 1. The minimum absolute atomic E-state index is 0. The second kappa shape index (κ2) is 9.14. The maximum Gasteiger partial charge on any atom is 0.237 e. The largest absolute Gasteiger partial charge is 0.494 e. The van der Waals surface area contributed by atoms with E-state index in [2.05, 4.69) is 10.6 Å². The van der Waals surface area contributed by atoms with Gasteiger partial charge in [0.1, 0.15) is 5.75 Å². The molecule has 3 rings (SSSR count). The topological polar surface area (TPSA) is 50.4 Å². The standard InChI is InChI=1S/C18H26N2O2.ClH/c21-18(17-13-14-7-4-5-10-16(14)20-17)19-11-6-12-22-15-8-2-1-3-9-15;/h1-3,8-9,14,16-17,20H,4-7,10-13H2,(H,19,21);1H. The van der Waals surface area contributed by atoms with Crippen LogP contribution in [0.5, 0.6) is 5.75 Å². The Morgan fingerprint density at radius 2 is 2.00 bits per heavy atom. The Bertz CT molecular complexity index is 469. The number of hydrogen-bond donors (Lipinski definition) is 2. The molecule has 1 saturated heterocycles. The molecular formula is C18H27ClN2O2. The third-order valence-corrected chi connectivity index (χ3v) is 4.81. The van der Waals surface area contributed by atoms with Crippen LogP contribution in [0.15, 0.2) is 30.3 Å². The summed E-state index contributed by atoms with van der Waals surface area (Å²) in [5, 5.41) is 6.56. The fraction of sp³-hybridized carbons (Fsp3) is 0.611. The molecule has 0 bridgehead atoms. The summed E-state index contributed by atoms with van der Waals surface area (Å²) in [4.78, 5) is 12.2. The highest BCUT2D eigenvalue weighted by atomic mass is 35.5. The molecule has 2 aliphatic rings. The molecule has 1 heterocycles. The minimum Gasteiger partial charge on any atom is -0.494 e. The van der Waals surface area contributed by atoms with Crippen molar-refractivity contribution in [3.63, 3.8) is 0 Å². The number of amides is 1. The third-order valence-electron chi connectivity index (χ3n) is 4.81. The summed E-state index contributed by atoms with van der Waals surface area (Å²) < 4.78 is 5.62. The summed E-state index contributed by atoms with van der Waals surface area (Å²) in [6.45, 7) is 1.31. The van der Waals surface area contributed by atoms with Crippen molar-refractivity contribution in [2.75, 3.05) is 13.2 Å². The second-order valence-electron chi connectivity index (χ2n) is 6.41. The Kier molecular flexibility index (Phi) is 7.18. The first-order valence-electron chi connectivity index (χ1n) is 8.54. The fourth-order valence-corrected chi connectivity index (χ4v) is 3.63. The van der Waals surface area contributed by atoms with Crippen LogP contribution in [-0.2, 0) is 4.79 Å². The fourth-order valence-electron chi connectivity index (χ4n) is 3.63. The van der Waals surface area contributed by atoms with Gasteiger partial charge in [-0.3, -0.25) is 4.79 Å². The average Bonchev–Trinajstić information content (AvgIpc) is 2.99. The molecule has 1 aromatic carbocycles. The van der Waals surface area contributed by atoms with E-state index in [9.17, 15) is 4.79 Å². The number of hydrogen-bond acceptors (Lipinski definition) is 3. The molecule has 2 N–H and O–H groups in total. The SMILES string of the molecule is Cl.O=C(NCCCOc1ccccc1)C1CC2CCCCC2N1. The lowest BCUT2D eigenvalue weighted by molar-refractivity contribution is -0.122. The molecule has 5 heteroatoms. The van der Waals surface area contributed by atoms with Crippen LogP contribution < -0.4 is 15.4 Å². The Morgan fingerprint density at radius 1 is 1.22 bits per heavy atom. The Hall–Kier alpha value is -1.26. The normalized spacial score (nSPS) is 26.0. The highest BCUT2D eigenvalue weighted by molar-refractivity contribution is 5.85. The zero-order valence-corrected chi connectivity index (χ0v) is 14.3. The van der Waals surface area contributed by atoms with Crippen LogP contribution in [0.4, 0.5) is 0 Å². The number of nitrogens with one attached hydrogen (secondary N) is 2. The van der Waals surface area contributed by atoms with Crippen LogP contribution >= 0.6 is 12.4 Å². The lowest BCUT2D eigenvalue weighted by atomic mass is 9.85. The van der Waals surface area contributed by atoms with Gasteiger partial charge in [0, 0.05) is 12.6 Å². The zero-order chi connectivity index (χ0) is 15.2. The molecule has 1 aromatic rings. The second-order valence-corrected chi connectivity index (χ2v) is 6.41. The van der Waals surface area contributed by atoms with Crippen molar-refractivity contribution < 1.29 is 9.53 Å². The van der Waals surface area contributed by atoms with Crippen molar-refractivity contribution in [2.45, 2.75) is 50.6 Å². The molecule has 1 amide bonds. The molecule has 1 aliphatic heterocycles. The number of rotatable bonds is 6. The average molecular weight is 339 g/mol. The molecule has 0 aromatic heterocycles. The quantitative estimate of drug-likeness (QED) is 0.784. The van der Waals surface area contributed by atoms with Crippen LogP contribution in [0.3, 0.4) is 0 Å². The highest BCUT2D eigenvalue weighted by Gasteiger charge is 2.37. The van der Waals surface area contributed by atoms with Gasteiger partial charge >= 0.3 is 0 Å². The van der Waals surface area contributed by atoms with Crippen LogP contribution in [0.2, 0.25) is 0 Å². The van der Waals surface area contributed by atoms with Crippen LogP contribution in [-0.4, -0.2) is 31.1 Å². The number of fused-ring (bicyclic) bond motifs is 1. The van der Waals surface area contributed by atoms with Crippen LogP contribution in [0.25, 0.3) is 0 Å². The van der Waals surface area contributed by atoms with E-state index in [0.29, 0.717) is 25.1 Å². The number of para-hydroxylation sites is 1. The summed E-state index contributed by atoms with van der Waals surface area (Å²) in [6, 6.07) is 10.4. The lowest BCUT2D eigenvalue weighted by Gasteiger charge is -2.24.